The molecule has 1 amide bonds. The van der Waals surface area contributed by atoms with Crippen molar-refractivity contribution in [3.8, 4) is 5.75 Å². The number of methoxy groups -OCH3 is 1. The molecule has 2 saturated heterocycles. The van der Waals surface area contributed by atoms with Crippen molar-refractivity contribution in [1.82, 2.24) is 19.9 Å². The molecule has 126 valence electrons. The van der Waals surface area contributed by atoms with Gasteiger partial charge in [-0.1, -0.05) is 0 Å². The van der Waals surface area contributed by atoms with Crippen molar-refractivity contribution in [2.45, 2.75) is 43.8 Å². The van der Waals surface area contributed by atoms with Crippen LogP contribution in [-0.2, 0) is 0 Å². The molecule has 2 aromatic rings. The molecule has 2 fully saturated rings. The second-order valence-corrected chi connectivity index (χ2v) is 7.27. The van der Waals surface area contributed by atoms with E-state index >= 15 is 0 Å². The average molecular weight is 391 g/mol. The van der Waals surface area contributed by atoms with Crippen molar-refractivity contribution < 1.29 is 9.53 Å². The lowest BCUT2D eigenvalue weighted by molar-refractivity contribution is 0.0511. The lowest BCUT2D eigenvalue weighted by Gasteiger charge is -2.38. The minimum absolute atomic E-state index is 0.0835. The summed E-state index contributed by atoms with van der Waals surface area (Å²) in [7, 11) is 1.61. The van der Waals surface area contributed by atoms with Crippen LogP contribution in [0.5, 0.6) is 5.75 Å². The summed E-state index contributed by atoms with van der Waals surface area (Å²) in [5.74, 6) is 0.782. The minimum atomic E-state index is 0.0835. The Morgan fingerprint density at radius 3 is 2.46 bits per heavy atom. The molecule has 24 heavy (non-hydrogen) atoms. The smallest absolute Gasteiger partial charge is 0.255 e. The van der Waals surface area contributed by atoms with E-state index in [1.54, 1.807) is 24.3 Å². The maximum atomic E-state index is 13.1. The van der Waals surface area contributed by atoms with E-state index in [1.165, 1.54) is 0 Å². The standard InChI is InChI=1S/C17H19BrN4O2/c1-24-14-4-5-16(18)15(10-14)17(23)21-11-2-3-12(21)9-13(8-11)22-19-6-7-20-22/h4-7,10-13H,2-3,8-9H2,1H3/t11-,12-/m0/s1. The molecule has 6 nitrogen and oxygen atoms in total. The Labute approximate surface area is 148 Å². The van der Waals surface area contributed by atoms with Crippen LogP contribution in [0.1, 0.15) is 42.1 Å². The molecule has 0 aliphatic carbocycles. The lowest BCUT2D eigenvalue weighted by atomic mass is 9.96. The van der Waals surface area contributed by atoms with Crippen LogP contribution in [0.2, 0.25) is 0 Å². The molecule has 3 heterocycles. The Balaban J connectivity index is 1.59. The van der Waals surface area contributed by atoms with Crippen molar-refractivity contribution >= 4 is 21.8 Å². The van der Waals surface area contributed by atoms with Crippen molar-refractivity contribution in [1.29, 1.82) is 0 Å². The number of carbonyl (C=O) groups is 1. The number of nitrogens with zero attached hydrogens (tertiary/aromatic N) is 4. The number of ether oxygens (including phenoxy) is 1. The number of aromatic nitrogens is 3. The van der Waals surface area contributed by atoms with Gasteiger partial charge in [-0.15, -0.1) is 0 Å². The van der Waals surface area contributed by atoms with Crippen molar-refractivity contribution in [2.24, 2.45) is 0 Å². The number of hydrogen-bond acceptors (Lipinski definition) is 4. The van der Waals surface area contributed by atoms with Crippen LogP contribution in [-0.4, -0.2) is 45.0 Å². The number of fused-ring (bicyclic) bond motifs is 2. The zero-order chi connectivity index (χ0) is 16.7. The first-order valence-electron chi connectivity index (χ1n) is 8.19. The number of amides is 1. The van der Waals surface area contributed by atoms with E-state index in [1.807, 2.05) is 18.2 Å². The Morgan fingerprint density at radius 2 is 1.83 bits per heavy atom. The van der Waals surface area contributed by atoms with E-state index in [-0.39, 0.29) is 24.0 Å². The van der Waals surface area contributed by atoms with Gasteiger partial charge in [-0.2, -0.15) is 15.0 Å². The van der Waals surface area contributed by atoms with Crippen LogP contribution < -0.4 is 4.74 Å². The molecule has 1 aromatic heterocycles. The number of benzene rings is 1. The maximum absolute atomic E-state index is 13.1. The Kier molecular flexibility index (Phi) is 4.04. The topological polar surface area (TPSA) is 60.2 Å². The SMILES string of the molecule is COc1ccc(Br)c(C(=O)N2[C@H]3CC[C@H]2CC(n2nccn2)C3)c1. The highest BCUT2D eigenvalue weighted by atomic mass is 79.9. The van der Waals surface area contributed by atoms with E-state index in [2.05, 4.69) is 31.0 Å². The van der Waals surface area contributed by atoms with Crippen LogP contribution in [0.15, 0.2) is 35.1 Å². The van der Waals surface area contributed by atoms with Crippen molar-refractivity contribution in [3.05, 3.63) is 40.6 Å². The summed E-state index contributed by atoms with van der Waals surface area (Å²) in [6, 6.07) is 6.33. The first-order valence-corrected chi connectivity index (χ1v) is 8.98. The molecule has 0 N–H and O–H groups in total. The summed E-state index contributed by atoms with van der Waals surface area (Å²) in [5, 5.41) is 8.56. The maximum Gasteiger partial charge on any atom is 0.255 e. The van der Waals surface area contributed by atoms with Gasteiger partial charge < -0.3 is 9.64 Å². The lowest BCUT2D eigenvalue weighted by Crippen LogP contribution is -2.47. The zero-order valence-electron chi connectivity index (χ0n) is 13.4. The van der Waals surface area contributed by atoms with Crippen LogP contribution in [0, 0.1) is 0 Å². The predicted octanol–water partition coefficient (Wildman–Crippen LogP) is 3.06. The first-order chi connectivity index (χ1) is 11.7. The molecular formula is C17H19BrN4O2. The van der Waals surface area contributed by atoms with Gasteiger partial charge in [0, 0.05) is 16.6 Å². The second kappa shape index (κ2) is 6.20. The molecule has 7 heteroatoms. The van der Waals surface area contributed by atoms with Gasteiger partial charge in [-0.3, -0.25) is 4.79 Å². The van der Waals surface area contributed by atoms with Gasteiger partial charge in [0.1, 0.15) is 5.75 Å². The van der Waals surface area contributed by atoms with Crippen LogP contribution in [0.3, 0.4) is 0 Å². The number of hydrogen-bond donors (Lipinski definition) is 0. The van der Waals surface area contributed by atoms with Gasteiger partial charge in [0.2, 0.25) is 0 Å². The third kappa shape index (κ3) is 2.60. The number of rotatable bonds is 3. The van der Waals surface area contributed by atoms with Crippen LogP contribution in [0.4, 0.5) is 0 Å². The average Bonchev–Trinajstić information content (AvgIpc) is 3.21. The summed E-state index contributed by atoms with van der Waals surface area (Å²) >= 11 is 3.50. The van der Waals surface area contributed by atoms with Gasteiger partial charge in [0.05, 0.1) is 31.1 Å². The normalized spacial score (nSPS) is 25.8. The molecule has 2 aliphatic heterocycles. The monoisotopic (exact) mass is 390 g/mol. The molecule has 1 aromatic carbocycles. The van der Waals surface area contributed by atoms with Gasteiger partial charge in [0.15, 0.2) is 0 Å². The Morgan fingerprint density at radius 1 is 1.17 bits per heavy atom. The van der Waals surface area contributed by atoms with Gasteiger partial charge in [0.25, 0.3) is 5.91 Å². The highest BCUT2D eigenvalue weighted by molar-refractivity contribution is 9.10. The van der Waals surface area contributed by atoms with E-state index in [0.717, 1.165) is 30.2 Å². The van der Waals surface area contributed by atoms with Crippen molar-refractivity contribution in [3.63, 3.8) is 0 Å². The summed E-state index contributed by atoms with van der Waals surface area (Å²) in [6.07, 6.45) is 7.36. The molecule has 2 aliphatic rings. The molecule has 0 spiro atoms. The third-order valence-corrected chi connectivity index (χ3v) is 5.80. The van der Waals surface area contributed by atoms with Gasteiger partial charge in [-0.25, -0.2) is 0 Å². The summed E-state index contributed by atoms with van der Waals surface area (Å²) in [6.45, 7) is 0. The number of halogens is 1. The molecule has 0 unspecified atom stereocenters. The molecule has 2 bridgehead atoms. The Hall–Kier alpha value is -1.89. The predicted molar refractivity (Wildman–Crippen MR) is 92.0 cm³/mol. The van der Waals surface area contributed by atoms with E-state index in [9.17, 15) is 4.79 Å². The summed E-state index contributed by atoms with van der Waals surface area (Å²) in [4.78, 5) is 17.0. The Bertz CT molecular complexity index is 735. The molecular weight excluding hydrogens is 372 g/mol. The highest BCUT2D eigenvalue weighted by Gasteiger charge is 2.44. The fourth-order valence-electron chi connectivity index (χ4n) is 4.02. The fraction of sp³-hybridized carbons (Fsp3) is 0.471. The van der Waals surface area contributed by atoms with Crippen molar-refractivity contribution in [2.75, 3.05) is 7.11 Å². The molecule has 2 atom stereocenters. The summed E-state index contributed by atoms with van der Waals surface area (Å²) < 4.78 is 6.08. The molecule has 0 saturated carbocycles. The van der Waals surface area contributed by atoms with Crippen LogP contribution >= 0.6 is 15.9 Å². The quantitative estimate of drug-likeness (QED) is 0.807. The van der Waals surface area contributed by atoms with Gasteiger partial charge >= 0.3 is 0 Å². The number of piperidine rings is 1. The molecule has 0 radical (unpaired) electrons. The largest absolute Gasteiger partial charge is 0.497 e. The number of carbonyl (C=O) groups excluding carboxylic acids is 1. The molecule has 4 rings (SSSR count). The summed E-state index contributed by atoms with van der Waals surface area (Å²) in [5.41, 5.74) is 0.668. The zero-order valence-corrected chi connectivity index (χ0v) is 15.0. The third-order valence-electron chi connectivity index (χ3n) is 5.11. The van der Waals surface area contributed by atoms with Crippen LogP contribution in [0.25, 0.3) is 0 Å². The van der Waals surface area contributed by atoms with E-state index < -0.39 is 0 Å². The first kappa shape index (κ1) is 15.6. The highest BCUT2D eigenvalue weighted by Crippen LogP contribution is 2.41. The van der Waals surface area contributed by atoms with E-state index in [0.29, 0.717) is 11.3 Å². The second-order valence-electron chi connectivity index (χ2n) is 6.42. The minimum Gasteiger partial charge on any atom is -0.497 e. The fourth-order valence-corrected chi connectivity index (χ4v) is 4.43. The van der Waals surface area contributed by atoms with Gasteiger partial charge in [-0.05, 0) is 59.8 Å². The van der Waals surface area contributed by atoms with E-state index in [4.69, 9.17) is 4.74 Å².